The molecule has 0 saturated heterocycles. The Bertz CT molecular complexity index is 658. The average molecular weight is 314 g/mol. The van der Waals surface area contributed by atoms with Crippen LogP contribution < -0.4 is 5.32 Å². The Kier molecular flexibility index (Phi) is 4.95. The van der Waals surface area contributed by atoms with Crippen molar-refractivity contribution in [2.24, 2.45) is 0 Å². The van der Waals surface area contributed by atoms with Gasteiger partial charge in [0.05, 0.1) is 10.6 Å². The molecule has 0 aliphatic rings. The van der Waals surface area contributed by atoms with Crippen molar-refractivity contribution in [1.82, 2.24) is 10.3 Å². The Morgan fingerprint density at radius 3 is 2.71 bits per heavy atom. The van der Waals surface area contributed by atoms with Crippen molar-refractivity contribution in [2.45, 2.75) is 19.8 Å². The minimum absolute atomic E-state index is 0.301. The zero-order valence-corrected chi connectivity index (χ0v) is 12.1. The van der Waals surface area contributed by atoms with Crippen LogP contribution in [0.5, 0.6) is 0 Å². The number of hydrogen-bond donors (Lipinski definition) is 1. The molecular formula is C14H13F3N2OS. The maximum Gasteiger partial charge on any atom is 0.254 e. The molecule has 1 N–H and O–H groups in total. The van der Waals surface area contributed by atoms with E-state index >= 15 is 0 Å². The lowest BCUT2D eigenvalue weighted by Crippen LogP contribution is -2.26. The normalized spacial score (nSPS) is 10.7. The Balaban J connectivity index is 1.86. The Morgan fingerprint density at radius 2 is 2.05 bits per heavy atom. The smallest absolute Gasteiger partial charge is 0.254 e. The van der Waals surface area contributed by atoms with E-state index in [1.807, 2.05) is 12.3 Å². The fraction of sp³-hybridized carbons (Fsp3) is 0.286. The van der Waals surface area contributed by atoms with E-state index in [2.05, 4.69) is 10.3 Å². The molecule has 0 aliphatic carbocycles. The number of amides is 1. The van der Waals surface area contributed by atoms with Crippen LogP contribution in [0, 0.1) is 24.4 Å². The number of carbonyl (C=O) groups excluding carboxylic acids is 1. The van der Waals surface area contributed by atoms with Crippen LogP contribution in [-0.2, 0) is 6.42 Å². The summed E-state index contributed by atoms with van der Waals surface area (Å²) in [6.07, 6.45) is 1.32. The zero-order chi connectivity index (χ0) is 15.4. The van der Waals surface area contributed by atoms with Crippen LogP contribution >= 0.6 is 11.3 Å². The maximum absolute atomic E-state index is 13.4. The summed E-state index contributed by atoms with van der Waals surface area (Å²) >= 11 is 1.54. The van der Waals surface area contributed by atoms with Gasteiger partial charge in [0.25, 0.3) is 5.91 Å². The molecule has 1 aromatic carbocycles. The molecular weight excluding hydrogens is 301 g/mol. The molecule has 0 unspecified atom stereocenters. The van der Waals surface area contributed by atoms with Gasteiger partial charge in [0.1, 0.15) is 0 Å². The molecule has 1 aromatic heterocycles. The molecule has 1 heterocycles. The number of aromatic nitrogens is 1. The van der Waals surface area contributed by atoms with Crippen LogP contribution in [0.1, 0.15) is 27.5 Å². The van der Waals surface area contributed by atoms with E-state index in [0.717, 1.165) is 22.8 Å². The van der Waals surface area contributed by atoms with Crippen molar-refractivity contribution < 1.29 is 18.0 Å². The predicted molar refractivity (Wildman–Crippen MR) is 73.8 cm³/mol. The molecule has 112 valence electrons. The minimum Gasteiger partial charge on any atom is -0.352 e. The standard InChI is InChI=1S/C14H13F3N2OS/c1-8-7-21-11(19-8)3-2-6-18-14(20)9-4-5-10(15)13(17)12(9)16/h4-5,7H,2-3,6H2,1H3,(H,18,20). The summed E-state index contributed by atoms with van der Waals surface area (Å²) < 4.78 is 39.2. The van der Waals surface area contributed by atoms with E-state index in [0.29, 0.717) is 19.4 Å². The highest BCUT2D eigenvalue weighted by Crippen LogP contribution is 2.15. The van der Waals surface area contributed by atoms with Crippen LogP contribution in [0.4, 0.5) is 13.2 Å². The van der Waals surface area contributed by atoms with Gasteiger partial charge >= 0.3 is 0 Å². The number of carbonyl (C=O) groups is 1. The molecule has 0 spiro atoms. The first-order chi connectivity index (χ1) is 9.99. The molecule has 21 heavy (non-hydrogen) atoms. The van der Waals surface area contributed by atoms with Crippen molar-refractivity contribution in [2.75, 3.05) is 6.54 Å². The molecule has 0 saturated carbocycles. The average Bonchev–Trinajstić information content (AvgIpc) is 2.86. The van der Waals surface area contributed by atoms with E-state index < -0.39 is 28.9 Å². The Morgan fingerprint density at radius 1 is 1.29 bits per heavy atom. The molecule has 7 heteroatoms. The molecule has 0 fully saturated rings. The number of aryl methyl sites for hydroxylation is 2. The van der Waals surface area contributed by atoms with E-state index in [1.165, 1.54) is 11.3 Å². The second-order valence-corrected chi connectivity index (χ2v) is 5.41. The van der Waals surface area contributed by atoms with Gasteiger partial charge in [0, 0.05) is 24.0 Å². The summed E-state index contributed by atoms with van der Waals surface area (Å²) in [7, 11) is 0. The zero-order valence-electron chi connectivity index (χ0n) is 11.3. The van der Waals surface area contributed by atoms with Crippen LogP contribution in [0.3, 0.4) is 0 Å². The number of nitrogens with one attached hydrogen (secondary N) is 1. The molecule has 3 nitrogen and oxygen atoms in total. The van der Waals surface area contributed by atoms with Crippen LogP contribution in [-0.4, -0.2) is 17.4 Å². The summed E-state index contributed by atoms with van der Waals surface area (Å²) in [5, 5.41) is 5.37. The van der Waals surface area contributed by atoms with Gasteiger partial charge in [-0.15, -0.1) is 11.3 Å². The predicted octanol–water partition coefficient (Wildman–Crippen LogP) is 3.23. The number of rotatable bonds is 5. The van der Waals surface area contributed by atoms with Crippen molar-refractivity contribution in [1.29, 1.82) is 0 Å². The quantitative estimate of drug-likeness (QED) is 0.680. The fourth-order valence-electron chi connectivity index (χ4n) is 1.76. The van der Waals surface area contributed by atoms with Gasteiger partial charge in [-0.1, -0.05) is 0 Å². The van der Waals surface area contributed by atoms with Crippen LogP contribution in [0.25, 0.3) is 0 Å². The van der Waals surface area contributed by atoms with Gasteiger partial charge in [0.15, 0.2) is 17.5 Å². The summed E-state index contributed by atoms with van der Waals surface area (Å²) in [5.74, 6) is -5.19. The molecule has 0 radical (unpaired) electrons. The number of nitrogens with zero attached hydrogens (tertiary/aromatic N) is 1. The van der Waals surface area contributed by atoms with Crippen molar-refractivity contribution in [3.05, 3.63) is 51.2 Å². The summed E-state index contributed by atoms with van der Waals surface area (Å²) in [6.45, 7) is 2.20. The van der Waals surface area contributed by atoms with E-state index in [-0.39, 0.29) is 0 Å². The molecule has 0 aliphatic heterocycles. The SMILES string of the molecule is Cc1csc(CCCNC(=O)c2ccc(F)c(F)c2F)n1. The lowest BCUT2D eigenvalue weighted by Gasteiger charge is -2.06. The van der Waals surface area contributed by atoms with Crippen molar-refractivity contribution in [3.63, 3.8) is 0 Å². The lowest BCUT2D eigenvalue weighted by molar-refractivity contribution is 0.0948. The van der Waals surface area contributed by atoms with E-state index in [1.54, 1.807) is 0 Å². The first kappa shape index (κ1) is 15.5. The third kappa shape index (κ3) is 3.81. The summed E-state index contributed by atoms with van der Waals surface area (Å²) in [5.41, 5.74) is 0.446. The van der Waals surface area contributed by atoms with Crippen LogP contribution in [0.15, 0.2) is 17.5 Å². The van der Waals surface area contributed by atoms with Gasteiger partial charge in [-0.3, -0.25) is 4.79 Å². The fourth-order valence-corrected chi connectivity index (χ4v) is 2.57. The number of hydrogen-bond acceptors (Lipinski definition) is 3. The first-order valence-corrected chi connectivity index (χ1v) is 7.19. The highest BCUT2D eigenvalue weighted by Gasteiger charge is 2.18. The number of benzene rings is 1. The molecule has 0 atom stereocenters. The highest BCUT2D eigenvalue weighted by molar-refractivity contribution is 7.09. The summed E-state index contributed by atoms with van der Waals surface area (Å²) in [6, 6.07) is 1.65. The third-order valence-corrected chi connectivity index (χ3v) is 3.83. The second-order valence-electron chi connectivity index (χ2n) is 4.46. The van der Waals surface area contributed by atoms with Gasteiger partial charge < -0.3 is 5.32 Å². The maximum atomic E-state index is 13.4. The molecule has 2 aromatic rings. The summed E-state index contributed by atoms with van der Waals surface area (Å²) in [4.78, 5) is 16.0. The minimum atomic E-state index is -1.64. The second kappa shape index (κ2) is 6.71. The van der Waals surface area contributed by atoms with Crippen LogP contribution in [0.2, 0.25) is 0 Å². The highest BCUT2D eigenvalue weighted by atomic mass is 32.1. The van der Waals surface area contributed by atoms with Gasteiger partial charge in [-0.05, 0) is 25.5 Å². The van der Waals surface area contributed by atoms with Gasteiger partial charge in [0.2, 0.25) is 0 Å². The Labute approximate surface area is 123 Å². The van der Waals surface area contributed by atoms with Gasteiger partial charge in [-0.25, -0.2) is 18.2 Å². The topological polar surface area (TPSA) is 42.0 Å². The lowest BCUT2D eigenvalue weighted by atomic mass is 10.2. The third-order valence-electron chi connectivity index (χ3n) is 2.80. The molecule has 2 rings (SSSR count). The van der Waals surface area contributed by atoms with Gasteiger partial charge in [-0.2, -0.15) is 0 Å². The molecule has 0 bridgehead atoms. The van der Waals surface area contributed by atoms with E-state index in [9.17, 15) is 18.0 Å². The van der Waals surface area contributed by atoms with E-state index in [4.69, 9.17) is 0 Å². The first-order valence-electron chi connectivity index (χ1n) is 6.31. The number of thiazole rings is 1. The van der Waals surface area contributed by atoms with Crippen molar-refractivity contribution >= 4 is 17.2 Å². The largest absolute Gasteiger partial charge is 0.352 e. The monoisotopic (exact) mass is 314 g/mol. The van der Waals surface area contributed by atoms with Crippen molar-refractivity contribution in [3.8, 4) is 0 Å². The molecule has 1 amide bonds. The Hall–Kier alpha value is -1.89. The number of halogens is 3.